The largest absolute Gasteiger partial charge is 0.477 e. The topological polar surface area (TPSA) is 63.7 Å². The number of rotatable bonds is 5. The molecule has 0 bridgehead atoms. The monoisotopic (exact) mass is 370 g/mol. The molecule has 0 saturated heterocycles. The van der Waals surface area contributed by atoms with Crippen molar-refractivity contribution in [2.75, 3.05) is 6.61 Å². The Morgan fingerprint density at radius 3 is 2.64 bits per heavy atom. The van der Waals surface area contributed by atoms with E-state index >= 15 is 0 Å². The Bertz CT molecular complexity index is 1220. The molecular formula is C23H18N2O3. The van der Waals surface area contributed by atoms with E-state index < -0.39 is 0 Å². The number of nitriles is 1. The molecule has 2 aromatic carbocycles. The summed E-state index contributed by atoms with van der Waals surface area (Å²) >= 11 is 0. The zero-order valence-electron chi connectivity index (χ0n) is 15.4. The number of pyridine rings is 1. The molecule has 0 aliphatic heterocycles. The number of hydrogen-bond donors (Lipinski definition) is 0. The van der Waals surface area contributed by atoms with E-state index in [2.05, 4.69) is 0 Å². The Labute approximate surface area is 162 Å². The van der Waals surface area contributed by atoms with Gasteiger partial charge in [-0.1, -0.05) is 42.5 Å². The molecule has 4 aromatic rings. The highest BCUT2D eigenvalue weighted by molar-refractivity contribution is 6.11. The second-order valence-corrected chi connectivity index (χ2v) is 6.46. The van der Waals surface area contributed by atoms with Crippen LogP contribution in [0.4, 0.5) is 0 Å². The number of fused-ring (bicyclic) bond motifs is 3. The summed E-state index contributed by atoms with van der Waals surface area (Å²) in [5, 5.41) is 9.53. The first kappa shape index (κ1) is 17.6. The third-order valence-corrected chi connectivity index (χ3v) is 4.74. The summed E-state index contributed by atoms with van der Waals surface area (Å²) in [5.74, 6) is 0.197. The average Bonchev–Trinajstić information content (AvgIpc) is 3.05. The van der Waals surface area contributed by atoms with Crippen LogP contribution < -0.4 is 4.74 Å². The molecule has 0 N–H and O–H groups in total. The Morgan fingerprint density at radius 2 is 1.82 bits per heavy atom. The number of esters is 1. The molecule has 0 radical (unpaired) electrons. The Hall–Kier alpha value is -3.78. The van der Waals surface area contributed by atoms with Crippen LogP contribution in [0.25, 0.3) is 16.4 Å². The molecule has 0 saturated carbocycles. The zero-order valence-corrected chi connectivity index (χ0v) is 15.4. The van der Waals surface area contributed by atoms with Gasteiger partial charge >= 0.3 is 5.97 Å². The second kappa shape index (κ2) is 7.45. The molecule has 0 aliphatic carbocycles. The first-order valence-corrected chi connectivity index (χ1v) is 8.93. The van der Waals surface area contributed by atoms with Gasteiger partial charge in [0.1, 0.15) is 18.4 Å². The van der Waals surface area contributed by atoms with E-state index in [-0.39, 0.29) is 19.2 Å². The van der Waals surface area contributed by atoms with E-state index in [9.17, 15) is 4.79 Å². The van der Waals surface area contributed by atoms with Crippen molar-refractivity contribution < 1.29 is 14.3 Å². The quantitative estimate of drug-likeness (QED) is 0.479. The highest BCUT2D eigenvalue weighted by Gasteiger charge is 2.20. The molecule has 0 spiro atoms. The van der Waals surface area contributed by atoms with E-state index in [1.165, 1.54) is 0 Å². The lowest BCUT2D eigenvalue weighted by molar-refractivity contribution is 0.0476. The fraction of sp³-hybridized carbons (Fsp3) is 0.130. The maximum absolute atomic E-state index is 13.0. The van der Waals surface area contributed by atoms with Gasteiger partial charge < -0.3 is 13.9 Å². The molecule has 5 nitrogen and oxygen atoms in total. The van der Waals surface area contributed by atoms with Crippen molar-refractivity contribution in [2.45, 2.75) is 13.5 Å². The lowest BCUT2D eigenvalue weighted by Gasteiger charge is -2.08. The van der Waals surface area contributed by atoms with Crippen LogP contribution in [0.1, 0.15) is 21.5 Å². The average molecular weight is 370 g/mol. The Morgan fingerprint density at radius 1 is 1.04 bits per heavy atom. The van der Waals surface area contributed by atoms with Crippen LogP contribution in [0, 0.1) is 18.3 Å². The molecule has 0 unspecified atom stereocenters. The van der Waals surface area contributed by atoms with Crippen molar-refractivity contribution >= 4 is 22.4 Å². The van der Waals surface area contributed by atoms with Crippen molar-refractivity contribution in [3.05, 3.63) is 83.6 Å². The molecule has 2 heterocycles. The standard InChI is InChI=1S/C23H18N2O3/c1-16-6-2-3-7-17(16)15-28-23(26)22-19-8-4-5-9-20(19)25-14-18(27-13-12-24)10-11-21(22)25/h2-11,14H,13,15H2,1H3. The first-order chi connectivity index (χ1) is 13.7. The summed E-state index contributed by atoms with van der Waals surface area (Å²) in [6.07, 6.45) is 1.78. The molecular weight excluding hydrogens is 352 g/mol. The molecule has 0 aliphatic rings. The number of aryl methyl sites for hydroxylation is 1. The smallest absolute Gasteiger partial charge is 0.341 e. The zero-order chi connectivity index (χ0) is 19.5. The Kier molecular flexibility index (Phi) is 4.69. The summed E-state index contributed by atoms with van der Waals surface area (Å²) < 4.78 is 12.9. The van der Waals surface area contributed by atoms with Crippen molar-refractivity contribution in [1.29, 1.82) is 5.26 Å². The number of hydrogen-bond acceptors (Lipinski definition) is 4. The summed E-state index contributed by atoms with van der Waals surface area (Å²) in [6, 6.07) is 21.0. The van der Waals surface area contributed by atoms with Crippen LogP contribution in [0.5, 0.6) is 5.75 Å². The number of para-hydroxylation sites is 1. The van der Waals surface area contributed by atoms with Crippen molar-refractivity contribution in [2.24, 2.45) is 0 Å². The van der Waals surface area contributed by atoms with Gasteiger partial charge in [0, 0.05) is 5.39 Å². The predicted molar refractivity (Wildman–Crippen MR) is 106 cm³/mol. The maximum Gasteiger partial charge on any atom is 0.341 e. The van der Waals surface area contributed by atoms with Gasteiger partial charge in [-0.3, -0.25) is 0 Å². The molecule has 2 aromatic heterocycles. The first-order valence-electron chi connectivity index (χ1n) is 8.93. The summed E-state index contributed by atoms with van der Waals surface area (Å²) in [6.45, 7) is 2.19. The number of ether oxygens (including phenoxy) is 2. The predicted octanol–water partition coefficient (Wildman–Crippen LogP) is 4.66. The minimum absolute atomic E-state index is 0.0317. The number of carbonyl (C=O) groups excluding carboxylic acids is 1. The number of carbonyl (C=O) groups is 1. The van der Waals surface area contributed by atoms with Gasteiger partial charge in [0.25, 0.3) is 0 Å². The molecule has 0 atom stereocenters. The highest BCUT2D eigenvalue weighted by Crippen LogP contribution is 2.29. The van der Waals surface area contributed by atoms with Gasteiger partial charge in [0.05, 0.1) is 22.8 Å². The van der Waals surface area contributed by atoms with Gasteiger partial charge in [-0.15, -0.1) is 0 Å². The van der Waals surface area contributed by atoms with Crippen LogP contribution in [-0.4, -0.2) is 17.0 Å². The molecule has 5 heteroatoms. The fourth-order valence-corrected chi connectivity index (χ4v) is 3.32. The van der Waals surface area contributed by atoms with Gasteiger partial charge in [-0.25, -0.2) is 4.79 Å². The summed E-state index contributed by atoms with van der Waals surface area (Å²) in [4.78, 5) is 13.0. The van der Waals surface area contributed by atoms with E-state index in [4.69, 9.17) is 14.7 Å². The van der Waals surface area contributed by atoms with E-state index in [0.717, 1.165) is 27.5 Å². The van der Waals surface area contributed by atoms with Crippen LogP contribution in [0.2, 0.25) is 0 Å². The van der Waals surface area contributed by atoms with Gasteiger partial charge in [-0.2, -0.15) is 5.26 Å². The molecule has 28 heavy (non-hydrogen) atoms. The third kappa shape index (κ3) is 3.17. The highest BCUT2D eigenvalue weighted by atomic mass is 16.5. The molecule has 4 rings (SSSR count). The van der Waals surface area contributed by atoms with E-state index in [0.29, 0.717) is 11.3 Å². The van der Waals surface area contributed by atoms with Gasteiger partial charge in [0.15, 0.2) is 6.61 Å². The second-order valence-electron chi connectivity index (χ2n) is 6.46. The van der Waals surface area contributed by atoms with E-state index in [1.807, 2.05) is 72.0 Å². The molecule has 0 amide bonds. The van der Waals surface area contributed by atoms with E-state index in [1.54, 1.807) is 12.3 Å². The Balaban J connectivity index is 1.74. The lowest BCUT2D eigenvalue weighted by Crippen LogP contribution is -2.06. The number of benzene rings is 2. The normalized spacial score (nSPS) is 10.7. The lowest BCUT2D eigenvalue weighted by atomic mass is 10.1. The van der Waals surface area contributed by atoms with Crippen molar-refractivity contribution in [3.8, 4) is 11.8 Å². The minimum atomic E-state index is -0.368. The molecule has 0 fully saturated rings. The number of aromatic nitrogens is 1. The summed E-state index contributed by atoms with van der Waals surface area (Å²) in [5.41, 5.74) is 4.20. The van der Waals surface area contributed by atoms with Gasteiger partial charge in [-0.05, 0) is 36.2 Å². The number of nitrogens with zero attached hydrogens (tertiary/aromatic N) is 2. The van der Waals surface area contributed by atoms with Gasteiger partial charge in [0.2, 0.25) is 0 Å². The molecule has 138 valence electrons. The van der Waals surface area contributed by atoms with Crippen LogP contribution in [0.15, 0.2) is 66.9 Å². The minimum Gasteiger partial charge on any atom is -0.477 e. The third-order valence-electron chi connectivity index (χ3n) is 4.74. The SMILES string of the molecule is Cc1ccccc1COC(=O)c1c2ccccc2n2cc(OCC#N)ccc12. The van der Waals surface area contributed by atoms with Crippen molar-refractivity contribution in [3.63, 3.8) is 0 Å². The fourth-order valence-electron chi connectivity index (χ4n) is 3.32. The van der Waals surface area contributed by atoms with Crippen LogP contribution in [-0.2, 0) is 11.3 Å². The van der Waals surface area contributed by atoms with Crippen LogP contribution in [0.3, 0.4) is 0 Å². The van der Waals surface area contributed by atoms with Crippen LogP contribution >= 0.6 is 0 Å². The maximum atomic E-state index is 13.0. The van der Waals surface area contributed by atoms with Crippen molar-refractivity contribution in [1.82, 2.24) is 4.40 Å². The summed E-state index contributed by atoms with van der Waals surface area (Å²) in [7, 11) is 0.